The Morgan fingerprint density at radius 1 is 1.35 bits per heavy atom. The van der Waals surface area contributed by atoms with E-state index in [0.29, 0.717) is 17.0 Å². The Kier molecular flexibility index (Phi) is 5.54. The fraction of sp³-hybridized carbons (Fsp3) is 0.200. The average molecular weight is 361 g/mol. The molecule has 0 unspecified atom stereocenters. The van der Waals surface area contributed by atoms with E-state index in [1.54, 1.807) is 31.2 Å². The molecule has 1 amide bonds. The van der Waals surface area contributed by atoms with Crippen LogP contribution in [0.3, 0.4) is 0 Å². The number of carbonyl (C=O) groups excluding carboxylic acids is 1. The van der Waals surface area contributed by atoms with Crippen LogP contribution in [0.15, 0.2) is 46.5 Å². The molecule has 2 aromatic rings. The molecule has 0 fully saturated rings. The molecule has 0 aliphatic rings. The van der Waals surface area contributed by atoms with Crippen LogP contribution in [0.1, 0.15) is 18.9 Å². The number of anilines is 1. The third kappa shape index (κ3) is 4.62. The van der Waals surface area contributed by atoms with Crippen molar-refractivity contribution in [2.45, 2.75) is 29.4 Å². The number of nitrogens with zero attached hydrogens (tertiary/aromatic N) is 1. The van der Waals surface area contributed by atoms with Gasteiger partial charge in [-0.25, -0.2) is 4.98 Å². The van der Waals surface area contributed by atoms with Gasteiger partial charge in [-0.2, -0.15) is 13.2 Å². The van der Waals surface area contributed by atoms with E-state index in [1.165, 1.54) is 0 Å². The average Bonchev–Trinajstić information content (AvgIpc) is 2.50. The molecule has 1 N–H and O–H groups in total. The van der Waals surface area contributed by atoms with Crippen molar-refractivity contribution in [3.05, 3.63) is 47.1 Å². The van der Waals surface area contributed by atoms with Crippen LogP contribution in [0.4, 0.5) is 18.9 Å². The summed E-state index contributed by atoms with van der Waals surface area (Å²) in [6.45, 7) is 1.72. The highest BCUT2D eigenvalue weighted by Gasteiger charge is 2.31. The van der Waals surface area contributed by atoms with E-state index in [0.717, 1.165) is 24.0 Å². The third-order valence-electron chi connectivity index (χ3n) is 2.82. The van der Waals surface area contributed by atoms with Crippen LogP contribution in [0.25, 0.3) is 0 Å². The van der Waals surface area contributed by atoms with Crippen molar-refractivity contribution in [2.24, 2.45) is 0 Å². The fourth-order valence-electron chi connectivity index (χ4n) is 1.66. The number of para-hydroxylation sites is 1. The van der Waals surface area contributed by atoms with E-state index in [4.69, 9.17) is 11.6 Å². The SMILES string of the molecule is CCC(=O)Nc1ccccc1Sc1ncc(C(F)(F)F)cc1Cl. The largest absolute Gasteiger partial charge is 0.417 e. The second kappa shape index (κ2) is 7.23. The van der Waals surface area contributed by atoms with Crippen LogP contribution < -0.4 is 5.32 Å². The van der Waals surface area contributed by atoms with Crippen LogP contribution >= 0.6 is 23.4 Å². The molecule has 0 radical (unpaired) electrons. The lowest BCUT2D eigenvalue weighted by molar-refractivity contribution is -0.137. The van der Waals surface area contributed by atoms with E-state index in [2.05, 4.69) is 10.3 Å². The summed E-state index contributed by atoms with van der Waals surface area (Å²) in [6.07, 6.45) is -3.44. The van der Waals surface area contributed by atoms with Gasteiger partial charge in [-0.3, -0.25) is 4.79 Å². The van der Waals surface area contributed by atoms with E-state index in [1.807, 2.05) is 0 Å². The van der Waals surface area contributed by atoms with Crippen molar-refractivity contribution in [2.75, 3.05) is 5.32 Å². The summed E-state index contributed by atoms with van der Waals surface area (Å²) in [6, 6.07) is 7.77. The zero-order valence-corrected chi connectivity index (χ0v) is 13.5. The number of nitrogens with one attached hydrogen (secondary N) is 1. The fourth-order valence-corrected chi connectivity index (χ4v) is 2.78. The first-order valence-corrected chi connectivity index (χ1v) is 7.80. The molecule has 3 nitrogen and oxygen atoms in total. The molecule has 1 aromatic carbocycles. The van der Waals surface area contributed by atoms with Gasteiger partial charge in [0.05, 0.1) is 16.3 Å². The number of amides is 1. The second-order valence-electron chi connectivity index (χ2n) is 4.51. The standard InChI is InChI=1S/C15H12ClF3N2OS/c1-2-13(22)21-11-5-3-4-6-12(11)23-14-10(16)7-9(8-20-14)15(17,18)19/h3-8H,2H2,1H3,(H,21,22). The van der Waals surface area contributed by atoms with Crippen molar-refractivity contribution >= 4 is 35.0 Å². The molecule has 8 heteroatoms. The lowest BCUT2D eigenvalue weighted by atomic mass is 10.3. The van der Waals surface area contributed by atoms with Gasteiger partial charge in [-0.15, -0.1) is 0 Å². The molecule has 1 aromatic heterocycles. The number of hydrogen-bond donors (Lipinski definition) is 1. The monoisotopic (exact) mass is 360 g/mol. The predicted molar refractivity (Wildman–Crippen MR) is 83.7 cm³/mol. The molecule has 0 spiro atoms. The Hall–Kier alpha value is -1.73. The van der Waals surface area contributed by atoms with Crippen molar-refractivity contribution < 1.29 is 18.0 Å². The molecule has 0 aliphatic heterocycles. The van der Waals surface area contributed by atoms with Gasteiger partial charge in [0, 0.05) is 17.5 Å². The molecule has 122 valence electrons. The summed E-state index contributed by atoms with van der Waals surface area (Å²) in [4.78, 5) is 15.9. The first-order chi connectivity index (χ1) is 10.8. The van der Waals surface area contributed by atoms with Gasteiger partial charge in [0.25, 0.3) is 0 Å². The van der Waals surface area contributed by atoms with Gasteiger partial charge in [-0.05, 0) is 18.2 Å². The summed E-state index contributed by atoms with van der Waals surface area (Å²) in [5, 5.41) is 2.86. The maximum Gasteiger partial charge on any atom is 0.417 e. The van der Waals surface area contributed by atoms with Gasteiger partial charge in [-0.1, -0.05) is 42.4 Å². The number of halogens is 4. The molecule has 2 rings (SSSR count). The molecule has 0 atom stereocenters. The zero-order chi connectivity index (χ0) is 17.0. The maximum atomic E-state index is 12.6. The van der Waals surface area contributed by atoms with Gasteiger partial charge in [0.1, 0.15) is 5.03 Å². The predicted octanol–water partition coefficient (Wildman–Crippen LogP) is 5.25. The number of hydrogen-bond acceptors (Lipinski definition) is 3. The van der Waals surface area contributed by atoms with E-state index >= 15 is 0 Å². The number of pyridine rings is 1. The van der Waals surface area contributed by atoms with Crippen LogP contribution in [-0.4, -0.2) is 10.9 Å². The summed E-state index contributed by atoms with van der Waals surface area (Å²) in [5.74, 6) is -0.162. The van der Waals surface area contributed by atoms with Gasteiger partial charge >= 0.3 is 6.18 Å². The lowest BCUT2D eigenvalue weighted by Crippen LogP contribution is -2.10. The number of aromatic nitrogens is 1. The number of benzene rings is 1. The highest BCUT2D eigenvalue weighted by Crippen LogP contribution is 2.38. The third-order valence-corrected chi connectivity index (χ3v) is 4.32. The molecule has 23 heavy (non-hydrogen) atoms. The van der Waals surface area contributed by atoms with Crippen LogP contribution in [-0.2, 0) is 11.0 Å². The summed E-state index contributed by atoms with van der Waals surface area (Å²) < 4.78 is 37.9. The minimum atomic E-state index is -4.49. The van der Waals surface area contributed by atoms with Crippen molar-refractivity contribution in [1.82, 2.24) is 4.98 Å². The first-order valence-electron chi connectivity index (χ1n) is 6.60. The Bertz CT molecular complexity index is 722. The number of alkyl halides is 3. The highest BCUT2D eigenvalue weighted by molar-refractivity contribution is 7.99. The minimum Gasteiger partial charge on any atom is -0.325 e. The second-order valence-corrected chi connectivity index (χ2v) is 5.95. The van der Waals surface area contributed by atoms with Gasteiger partial charge in [0.15, 0.2) is 0 Å². The van der Waals surface area contributed by atoms with Crippen molar-refractivity contribution in [1.29, 1.82) is 0 Å². The van der Waals surface area contributed by atoms with Crippen LogP contribution in [0.2, 0.25) is 5.02 Å². The normalized spacial score (nSPS) is 11.3. The minimum absolute atomic E-state index is 0.0959. The molecule has 0 aliphatic carbocycles. The Balaban J connectivity index is 2.28. The van der Waals surface area contributed by atoms with Crippen molar-refractivity contribution in [3.8, 4) is 0 Å². The Labute approximate surface area is 140 Å². The lowest BCUT2D eigenvalue weighted by Gasteiger charge is -2.12. The smallest absolute Gasteiger partial charge is 0.325 e. The Morgan fingerprint density at radius 3 is 2.65 bits per heavy atom. The molecular formula is C15H12ClF3N2OS. The van der Waals surface area contributed by atoms with Gasteiger partial charge in [0.2, 0.25) is 5.91 Å². The topological polar surface area (TPSA) is 42.0 Å². The molecule has 0 saturated heterocycles. The molecule has 0 saturated carbocycles. The molecule has 1 heterocycles. The number of carbonyl (C=O) groups is 1. The number of rotatable bonds is 4. The van der Waals surface area contributed by atoms with E-state index in [-0.39, 0.29) is 16.0 Å². The summed E-state index contributed by atoms with van der Waals surface area (Å²) in [5.41, 5.74) is -0.346. The van der Waals surface area contributed by atoms with E-state index < -0.39 is 11.7 Å². The Morgan fingerprint density at radius 2 is 2.04 bits per heavy atom. The maximum absolute atomic E-state index is 12.6. The van der Waals surface area contributed by atoms with Crippen molar-refractivity contribution in [3.63, 3.8) is 0 Å². The van der Waals surface area contributed by atoms with E-state index in [9.17, 15) is 18.0 Å². The first kappa shape index (κ1) is 17.6. The summed E-state index contributed by atoms with van der Waals surface area (Å²) in [7, 11) is 0. The summed E-state index contributed by atoms with van der Waals surface area (Å²) >= 11 is 6.99. The van der Waals surface area contributed by atoms with Crippen LogP contribution in [0.5, 0.6) is 0 Å². The van der Waals surface area contributed by atoms with Gasteiger partial charge < -0.3 is 5.32 Å². The van der Waals surface area contributed by atoms with Crippen LogP contribution in [0, 0.1) is 0 Å². The zero-order valence-electron chi connectivity index (χ0n) is 11.9. The molecule has 0 bridgehead atoms. The highest BCUT2D eigenvalue weighted by atomic mass is 35.5. The quantitative estimate of drug-likeness (QED) is 0.809. The molecular weight excluding hydrogens is 349 g/mol.